The van der Waals surface area contributed by atoms with Crippen molar-refractivity contribution >= 4 is 52.4 Å². The van der Waals surface area contributed by atoms with Crippen molar-refractivity contribution in [3.8, 4) is 6.07 Å². The minimum absolute atomic E-state index is 0.519. The first-order valence-corrected chi connectivity index (χ1v) is 4.93. The summed E-state index contributed by atoms with van der Waals surface area (Å²) in [7, 11) is 0. The van der Waals surface area contributed by atoms with Crippen molar-refractivity contribution in [3.63, 3.8) is 0 Å². The molecule has 0 fully saturated rings. The Balaban J connectivity index is 5.61. The molecule has 0 unspecified atom stereocenters. The van der Waals surface area contributed by atoms with Crippen molar-refractivity contribution in [3.05, 3.63) is 12.7 Å². The minimum Gasteiger partial charge on any atom is -0.428 e. The van der Waals surface area contributed by atoms with E-state index in [9.17, 15) is 13.6 Å². The Kier molecular flexibility index (Phi) is 4.84. The molecule has 0 saturated carbocycles. The average molecular weight is 313 g/mol. The number of nitriles is 1. The molecule has 0 aliphatic heterocycles. The molecule has 0 aromatic rings. The number of ether oxygens (including phenoxy) is 1. The highest BCUT2D eigenvalue weighted by molar-refractivity contribution is 6.53. The third-order valence-electron chi connectivity index (χ3n) is 1.38. The van der Waals surface area contributed by atoms with E-state index in [1.807, 2.05) is 0 Å². The van der Waals surface area contributed by atoms with E-state index in [1.54, 1.807) is 0 Å². The van der Waals surface area contributed by atoms with Crippen molar-refractivity contribution in [1.82, 2.24) is 0 Å². The molecule has 0 spiro atoms. The van der Waals surface area contributed by atoms with E-state index in [0.29, 0.717) is 6.08 Å². The fourth-order valence-electron chi connectivity index (χ4n) is 0.619. The van der Waals surface area contributed by atoms with Crippen LogP contribution < -0.4 is 0 Å². The van der Waals surface area contributed by atoms with Crippen LogP contribution in [-0.4, -0.2) is 20.7 Å². The Morgan fingerprint density at radius 1 is 1.31 bits per heavy atom. The van der Waals surface area contributed by atoms with E-state index in [0.717, 1.165) is 6.07 Å². The van der Waals surface area contributed by atoms with Crippen molar-refractivity contribution in [2.24, 2.45) is 0 Å². The number of hydrogen-bond donors (Lipinski definition) is 0. The van der Waals surface area contributed by atoms with Crippen molar-refractivity contribution < 1.29 is 18.3 Å². The normalized spacial score (nSPS) is 12.8. The second-order valence-electron chi connectivity index (χ2n) is 2.41. The lowest BCUT2D eigenvalue weighted by Gasteiger charge is -2.34. The van der Waals surface area contributed by atoms with Gasteiger partial charge in [-0.3, -0.25) is 0 Å². The molecule has 90 valence electrons. The SMILES string of the molecule is C=CC(=O)OC(C#N)(C(F)(Cl)Cl)C(F)(Cl)Cl. The third-order valence-corrected chi connectivity index (χ3v) is 2.44. The van der Waals surface area contributed by atoms with Crippen LogP contribution in [0.25, 0.3) is 0 Å². The number of hydrogen-bond acceptors (Lipinski definition) is 3. The monoisotopic (exact) mass is 311 g/mol. The van der Waals surface area contributed by atoms with Crippen LogP contribution in [0.5, 0.6) is 0 Å². The first kappa shape index (κ1) is 15.7. The van der Waals surface area contributed by atoms with E-state index >= 15 is 0 Å². The second-order valence-corrected chi connectivity index (χ2v) is 4.88. The summed E-state index contributed by atoms with van der Waals surface area (Å²) in [6, 6.07) is 0.892. The Hall–Kier alpha value is -0.280. The molecule has 0 amide bonds. The summed E-state index contributed by atoms with van der Waals surface area (Å²) < 4.78 is 23.3. The summed E-state index contributed by atoms with van der Waals surface area (Å²) in [5, 5.41) is 8.61. The summed E-state index contributed by atoms with van der Waals surface area (Å²) in [6.07, 6.45) is 0.519. The zero-order valence-corrected chi connectivity index (χ0v) is 10.3. The van der Waals surface area contributed by atoms with E-state index in [1.165, 1.54) is 0 Å². The van der Waals surface area contributed by atoms with Crippen LogP contribution in [0.15, 0.2) is 12.7 Å². The van der Waals surface area contributed by atoms with Gasteiger partial charge in [0.25, 0.3) is 0 Å². The Labute approximate surface area is 109 Å². The van der Waals surface area contributed by atoms with Gasteiger partial charge in [-0.15, -0.1) is 0 Å². The second kappa shape index (κ2) is 4.92. The van der Waals surface area contributed by atoms with Gasteiger partial charge in [-0.1, -0.05) is 53.0 Å². The molecule has 0 bridgehead atoms. The van der Waals surface area contributed by atoms with Crippen LogP contribution in [0.1, 0.15) is 0 Å². The predicted octanol–water partition coefficient (Wildman–Crippen LogP) is 3.18. The van der Waals surface area contributed by atoms with Crippen molar-refractivity contribution in [2.75, 3.05) is 0 Å². The smallest absolute Gasteiger partial charge is 0.332 e. The molecular formula is C7H3Cl4F2NO2. The maximum Gasteiger partial charge on any atom is 0.332 e. The van der Waals surface area contributed by atoms with Gasteiger partial charge in [-0.05, 0) is 0 Å². The van der Waals surface area contributed by atoms with Gasteiger partial charge in [0.1, 0.15) is 6.07 Å². The number of halogens is 6. The van der Waals surface area contributed by atoms with Crippen molar-refractivity contribution in [1.29, 1.82) is 5.26 Å². The van der Waals surface area contributed by atoms with Crippen LogP contribution >= 0.6 is 46.4 Å². The molecule has 0 aromatic carbocycles. The summed E-state index contributed by atoms with van der Waals surface area (Å²) in [5.74, 6) is -1.38. The lowest BCUT2D eigenvalue weighted by Crippen LogP contribution is -2.56. The molecule has 0 aromatic heterocycles. The fourth-order valence-corrected chi connectivity index (χ4v) is 1.66. The minimum atomic E-state index is -3.67. The molecule has 0 aliphatic carbocycles. The summed E-state index contributed by atoms with van der Waals surface area (Å²) in [6.45, 7) is 2.94. The molecule has 9 heteroatoms. The number of nitrogens with zero attached hydrogens (tertiary/aromatic N) is 1. The van der Waals surface area contributed by atoms with Gasteiger partial charge in [0.05, 0.1) is 0 Å². The molecule has 0 rings (SSSR count). The summed E-state index contributed by atoms with van der Waals surface area (Å²) >= 11 is 19.6. The van der Waals surface area contributed by atoms with Crippen LogP contribution in [0.3, 0.4) is 0 Å². The highest BCUT2D eigenvalue weighted by atomic mass is 35.5. The maximum atomic E-state index is 13.3. The van der Waals surface area contributed by atoms with E-state index in [2.05, 4.69) is 11.3 Å². The molecule has 0 heterocycles. The number of rotatable bonds is 4. The first-order chi connectivity index (χ1) is 7.02. The number of alkyl halides is 6. The largest absolute Gasteiger partial charge is 0.428 e. The van der Waals surface area contributed by atoms with Crippen LogP contribution in [0.2, 0.25) is 0 Å². The van der Waals surface area contributed by atoms with Gasteiger partial charge >= 0.3 is 20.7 Å². The molecule has 16 heavy (non-hydrogen) atoms. The molecule has 0 atom stereocenters. The van der Waals surface area contributed by atoms with Gasteiger partial charge in [0.2, 0.25) is 0 Å². The Bertz CT molecular complexity index is 328. The van der Waals surface area contributed by atoms with Gasteiger partial charge in [0.15, 0.2) is 0 Å². The molecular weight excluding hydrogens is 310 g/mol. The number of carbonyl (C=O) groups is 1. The fraction of sp³-hybridized carbons (Fsp3) is 0.429. The summed E-state index contributed by atoms with van der Waals surface area (Å²) in [4.78, 5) is 10.8. The highest BCUT2D eigenvalue weighted by Crippen LogP contribution is 2.50. The topological polar surface area (TPSA) is 50.1 Å². The zero-order valence-electron chi connectivity index (χ0n) is 7.32. The quantitative estimate of drug-likeness (QED) is 0.455. The lowest BCUT2D eigenvalue weighted by molar-refractivity contribution is -0.158. The van der Waals surface area contributed by atoms with Crippen LogP contribution in [0, 0.1) is 11.3 Å². The van der Waals surface area contributed by atoms with Gasteiger partial charge in [-0.2, -0.15) is 5.26 Å². The van der Waals surface area contributed by atoms with Gasteiger partial charge in [0, 0.05) is 6.08 Å². The van der Waals surface area contributed by atoms with Crippen LogP contribution in [0.4, 0.5) is 8.78 Å². The molecule has 0 N–H and O–H groups in total. The molecule has 3 nitrogen and oxygen atoms in total. The standard InChI is InChI=1S/C7H3Cl4F2NO2/c1-2-4(15)16-5(3-14,6(8,9)12)7(10,11)13/h2H,1H2. The zero-order chi connectivity index (χ0) is 13.2. The van der Waals surface area contributed by atoms with E-state index < -0.39 is 20.7 Å². The predicted molar refractivity (Wildman–Crippen MR) is 55.7 cm³/mol. The van der Waals surface area contributed by atoms with Gasteiger partial charge < -0.3 is 4.74 Å². The van der Waals surface area contributed by atoms with Crippen molar-refractivity contribution in [2.45, 2.75) is 14.8 Å². The molecule has 0 saturated heterocycles. The Morgan fingerprint density at radius 2 is 1.69 bits per heavy atom. The number of carbonyl (C=O) groups excluding carboxylic acids is 1. The summed E-state index contributed by atoms with van der Waals surface area (Å²) in [5.41, 5.74) is -3.45. The number of esters is 1. The third kappa shape index (κ3) is 2.89. The average Bonchev–Trinajstić information content (AvgIpc) is 2.09. The van der Waals surface area contributed by atoms with Gasteiger partial charge in [-0.25, -0.2) is 13.6 Å². The van der Waals surface area contributed by atoms with E-state index in [-0.39, 0.29) is 0 Å². The lowest BCUT2D eigenvalue weighted by atomic mass is 10.1. The highest BCUT2D eigenvalue weighted by Gasteiger charge is 2.69. The maximum absolute atomic E-state index is 13.3. The Morgan fingerprint density at radius 3 is 1.88 bits per heavy atom. The van der Waals surface area contributed by atoms with Crippen LogP contribution in [-0.2, 0) is 9.53 Å². The molecule has 0 radical (unpaired) electrons. The molecule has 0 aliphatic rings. The van der Waals surface area contributed by atoms with E-state index in [4.69, 9.17) is 51.7 Å². The first-order valence-electron chi connectivity index (χ1n) is 3.42.